The molecule has 0 radical (unpaired) electrons. The number of nitrogens with zero attached hydrogens (tertiary/aromatic N) is 4. The summed E-state index contributed by atoms with van der Waals surface area (Å²) in [7, 11) is 3.49. The Morgan fingerprint density at radius 1 is 1.44 bits per heavy atom. The van der Waals surface area contributed by atoms with Crippen LogP contribution in [0.15, 0.2) is 0 Å². The number of hydrogen-bond donors (Lipinski definition) is 0. The summed E-state index contributed by atoms with van der Waals surface area (Å²) in [6.45, 7) is 3.14. The van der Waals surface area contributed by atoms with E-state index < -0.39 is 4.92 Å². The second-order valence-corrected chi connectivity index (χ2v) is 3.63. The highest BCUT2D eigenvalue weighted by Crippen LogP contribution is 2.29. The first-order valence-electron chi connectivity index (χ1n) is 4.63. The molecule has 6 heteroatoms. The Labute approximate surface area is 93.3 Å². The quantitative estimate of drug-likeness (QED) is 0.557. The Morgan fingerprint density at radius 2 is 2.00 bits per heavy atom. The van der Waals surface area contributed by atoms with E-state index in [2.05, 4.69) is 4.98 Å². The maximum Gasteiger partial charge on any atom is 0.294 e. The van der Waals surface area contributed by atoms with E-state index in [1.807, 2.05) is 6.07 Å². The van der Waals surface area contributed by atoms with Crippen molar-refractivity contribution in [2.24, 2.45) is 0 Å². The summed E-state index contributed by atoms with van der Waals surface area (Å²) in [5.74, 6) is 0.461. The highest BCUT2D eigenvalue weighted by atomic mass is 16.6. The van der Waals surface area contributed by atoms with Crippen molar-refractivity contribution in [2.75, 3.05) is 19.0 Å². The van der Waals surface area contributed by atoms with Crippen LogP contribution in [0.1, 0.15) is 16.8 Å². The van der Waals surface area contributed by atoms with Crippen molar-refractivity contribution in [3.8, 4) is 6.07 Å². The summed E-state index contributed by atoms with van der Waals surface area (Å²) in [4.78, 5) is 16.1. The second kappa shape index (κ2) is 4.14. The molecule has 6 nitrogen and oxygen atoms in total. The van der Waals surface area contributed by atoms with Gasteiger partial charge >= 0.3 is 0 Å². The van der Waals surface area contributed by atoms with Gasteiger partial charge in [-0.1, -0.05) is 0 Å². The lowest BCUT2D eigenvalue weighted by atomic mass is 10.1. The minimum absolute atomic E-state index is 0.0813. The van der Waals surface area contributed by atoms with Crippen LogP contribution in [0.4, 0.5) is 11.5 Å². The Balaban J connectivity index is 3.64. The Hall–Kier alpha value is -2.16. The number of nitriles is 1. The summed E-state index contributed by atoms with van der Waals surface area (Å²) in [6.07, 6.45) is 0. The molecule has 0 bridgehead atoms. The largest absolute Gasteiger partial charge is 0.362 e. The van der Waals surface area contributed by atoms with Gasteiger partial charge in [-0.05, 0) is 13.8 Å². The van der Waals surface area contributed by atoms with Crippen LogP contribution in [0.5, 0.6) is 0 Å². The van der Waals surface area contributed by atoms with Gasteiger partial charge in [-0.25, -0.2) is 4.98 Å². The Bertz CT molecular complexity index is 489. The van der Waals surface area contributed by atoms with E-state index in [0.717, 1.165) is 0 Å². The van der Waals surface area contributed by atoms with Crippen molar-refractivity contribution >= 4 is 11.5 Å². The van der Waals surface area contributed by atoms with Gasteiger partial charge in [0.1, 0.15) is 23.1 Å². The van der Waals surface area contributed by atoms with Crippen molar-refractivity contribution in [1.29, 1.82) is 5.26 Å². The van der Waals surface area contributed by atoms with E-state index in [1.165, 1.54) is 0 Å². The molecule has 0 saturated heterocycles. The number of anilines is 1. The molecule has 0 spiro atoms. The SMILES string of the molecule is Cc1nc(N(C)C)c(C#N)c(C)c1[N+](=O)[O-]. The van der Waals surface area contributed by atoms with Crippen LogP contribution in [0.25, 0.3) is 0 Å². The average molecular weight is 220 g/mol. The van der Waals surface area contributed by atoms with Gasteiger partial charge in [-0.2, -0.15) is 5.26 Å². The molecular formula is C10H12N4O2. The highest BCUT2D eigenvalue weighted by Gasteiger charge is 2.23. The lowest BCUT2D eigenvalue weighted by Gasteiger charge is -2.15. The zero-order valence-corrected chi connectivity index (χ0v) is 9.61. The van der Waals surface area contributed by atoms with Gasteiger partial charge in [-0.15, -0.1) is 0 Å². The number of nitro groups is 1. The number of pyridine rings is 1. The van der Waals surface area contributed by atoms with Gasteiger partial charge in [0.2, 0.25) is 0 Å². The molecule has 0 aliphatic rings. The minimum atomic E-state index is -0.502. The van der Waals surface area contributed by atoms with Gasteiger partial charge in [0.25, 0.3) is 5.69 Å². The van der Waals surface area contributed by atoms with Crippen LogP contribution >= 0.6 is 0 Å². The number of rotatable bonds is 2. The monoisotopic (exact) mass is 220 g/mol. The van der Waals surface area contributed by atoms with Gasteiger partial charge in [0.05, 0.1) is 10.5 Å². The molecule has 0 aliphatic heterocycles. The van der Waals surface area contributed by atoms with E-state index in [9.17, 15) is 10.1 Å². The van der Waals surface area contributed by atoms with Crippen LogP contribution in [0.3, 0.4) is 0 Å². The highest BCUT2D eigenvalue weighted by molar-refractivity contribution is 5.64. The molecular weight excluding hydrogens is 208 g/mol. The van der Waals surface area contributed by atoms with Crippen molar-refractivity contribution in [2.45, 2.75) is 13.8 Å². The van der Waals surface area contributed by atoms with Crippen LogP contribution in [-0.4, -0.2) is 24.0 Å². The molecule has 0 amide bonds. The molecule has 1 aromatic rings. The third-order valence-electron chi connectivity index (χ3n) is 2.29. The van der Waals surface area contributed by atoms with Gasteiger partial charge in [-0.3, -0.25) is 10.1 Å². The molecule has 1 rings (SSSR count). The molecule has 0 N–H and O–H groups in total. The van der Waals surface area contributed by atoms with E-state index in [1.54, 1.807) is 32.8 Å². The fourth-order valence-corrected chi connectivity index (χ4v) is 1.55. The van der Waals surface area contributed by atoms with Gasteiger partial charge in [0.15, 0.2) is 0 Å². The first-order chi connectivity index (χ1) is 7.40. The average Bonchev–Trinajstić information content (AvgIpc) is 2.16. The summed E-state index contributed by atoms with van der Waals surface area (Å²) >= 11 is 0. The number of hydrogen-bond acceptors (Lipinski definition) is 5. The topological polar surface area (TPSA) is 83.1 Å². The molecule has 0 fully saturated rings. The fourth-order valence-electron chi connectivity index (χ4n) is 1.55. The van der Waals surface area contributed by atoms with Crippen LogP contribution in [-0.2, 0) is 0 Å². The van der Waals surface area contributed by atoms with Gasteiger partial charge < -0.3 is 4.90 Å². The predicted octanol–water partition coefficient (Wildman–Crippen LogP) is 1.54. The van der Waals surface area contributed by atoms with Crippen molar-refractivity contribution in [3.05, 3.63) is 26.9 Å². The first kappa shape index (κ1) is 11.9. The summed E-state index contributed by atoms with van der Waals surface area (Å²) in [5.41, 5.74) is 0.860. The fraction of sp³-hybridized carbons (Fsp3) is 0.400. The first-order valence-corrected chi connectivity index (χ1v) is 4.63. The molecule has 16 heavy (non-hydrogen) atoms. The normalized spacial score (nSPS) is 9.69. The van der Waals surface area contributed by atoms with Gasteiger partial charge in [0, 0.05) is 14.1 Å². The van der Waals surface area contributed by atoms with Crippen LogP contribution in [0, 0.1) is 35.3 Å². The zero-order valence-electron chi connectivity index (χ0n) is 9.61. The number of aryl methyl sites for hydroxylation is 1. The number of aromatic nitrogens is 1. The standard InChI is InChI=1S/C10H12N4O2/c1-6-8(5-11)10(13(3)4)12-7(2)9(6)14(15)16/h1-4H3. The molecule has 0 atom stereocenters. The van der Waals surface area contributed by atoms with E-state index >= 15 is 0 Å². The summed E-state index contributed by atoms with van der Waals surface area (Å²) in [5, 5.41) is 19.8. The summed E-state index contributed by atoms with van der Waals surface area (Å²) in [6, 6.07) is 1.96. The molecule has 0 unspecified atom stereocenters. The van der Waals surface area contributed by atoms with E-state index in [-0.39, 0.29) is 11.3 Å². The smallest absolute Gasteiger partial charge is 0.294 e. The lowest BCUT2D eigenvalue weighted by Crippen LogP contribution is -2.15. The van der Waals surface area contributed by atoms with E-state index in [0.29, 0.717) is 17.1 Å². The molecule has 1 heterocycles. The van der Waals surface area contributed by atoms with Crippen LogP contribution < -0.4 is 4.90 Å². The molecule has 84 valence electrons. The zero-order chi connectivity index (χ0) is 12.5. The predicted molar refractivity (Wildman–Crippen MR) is 59.4 cm³/mol. The van der Waals surface area contributed by atoms with Crippen molar-refractivity contribution in [1.82, 2.24) is 4.98 Å². The second-order valence-electron chi connectivity index (χ2n) is 3.63. The summed E-state index contributed by atoms with van der Waals surface area (Å²) < 4.78 is 0. The maximum atomic E-state index is 10.8. The molecule has 0 aliphatic carbocycles. The van der Waals surface area contributed by atoms with Crippen molar-refractivity contribution < 1.29 is 4.92 Å². The molecule has 0 aromatic carbocycles. The third-order valence-corrected chi connectivity index (χ3v) is 2.29. The maximum absolute atomic E-state index is 10.8. The minimum Gasteiger partial charge on any atom is -0.362 e. The molecule has 1 aromatic heterocycles. The van der Waals surface area contributed by atoms with E-state index in [4.69, 9.17) is 5.26 Å². The van der Waals surface area contributed by atoms with Crippen LogP contribution in [0.2, 0.25) is 0 Å². The van der Waals surface area contributed by atoms with Crippen molar-refractivity contribution in [3.63, 3.8) is 0 Å². The third kappa shape index (κ3) is 1.80. The Morgan fingerprint density at radius 3 is 2.38 bits per heavy atom. The molecule has 0 saturated carbocycles. The Kier molecular flexibility index (Phi) is 3.09. The lowest BCUT2D eigenvalue weighted by molar-refractivity contribution is -0.386.